The Labute approximate surface area is 105 Å². The summed E-state index contributed by atoms with van der Waals surface area (Å²) in [5.74, 6) is 0.658. The van der Waals surface area contributed by atoms with E-state index in [0.717, 1.165) is 32.6 Å². The van der Waals surface area contributed by atoms with Gasteiger partial charge in [-0.05, 0) is 26.2 Å². The van der Waals surface area contributed by atoms with E-state index in [-0.39, 0.29) is 18.1 Å². The molecule has 1 aliphatic rings. The van der Waals surface area contributed by atoms with Crippen LogP contribution < -0.4 is 5.32 Å². The van der Waals surface area contributed by atoms with Gasteiger partial charge in [-0.2, -0.15) is 0 Å². The standard InChI is InChI=1S/C13H26N2O2/c1-5-10(3)12-13(16)15(11(4)14-12)8-7-9-17-6-2/h10-12,14H,5-9H2,1-4H3. The van der Waals surface area contributed by atoms with Crippen molar-refractivity contribution in [1.82, 2.24) is 10.2 Å². The number of ether oxygens (including phenoxy) is 1. The van der Waals surface area contributed by atoms with E-state index in [1.165, 1.54) is 0 Å². The molecule has 4 nitrogen and oxygen atoms in total. The lowest BCUT2D eigenvalue weighted by Crippen LogP contribution is -2.36. The average Bonchev–Trinajstić information content (AvgIpc) is 2.60. The quantitative estimate of drug-likeness (QED) is 0.690. The van der Waals surface area contributed by atoms with Crippen LogP contribution in [0.2, 0.25) is 0 Å². The highest BCUT2D eigenvalue weighted by Crippen LogP contribution is 2.19. The third-order valence-corrected chi connectivity index (χ3v) is 3.54. The average molecular weight is 242 g/mol. The van der Waals surface area contributed by atoms with E-state index >= 15 is 0 Å². The Morgan fingerprint density at radius 2 is 2.18 bits per heavy atom. The maximum absolute atomic E-state index is 12.2. The molecule has 0 spiro atoms. The zero-order chi connectivity index (χ0) is 12.8. The molecule has 0 bridgehead atoms. The van der Waals surface area contributed by atoms with Gasteiger partial charge in [-0.25, -0.2) is 0 Å². The van der Waals surface area contributed by atoms with Crippen molar-refractivity contribution in [2.24, 2.45) is 5.92 Å². The van der Waals surface area contributed by atoms with Crippen LogP contribution in [0.4, 0.5) is 0 Å². The highest BCUT2D eigenvalue weighted by atomic mass is 16.5. The molecule has 1 fully saturated rings. The molecule has 0 aliphatic carbocycles. The second-order valence-corrected chi connectivity index (χ2v) is 4.79. The van der Waals surface area contributed by atoms with Gasteiger partial charge in [0.15, 0.2) is 0 Å². The van der Waals surface area contributed by atoms with Gasteiger partial charge in [0.2, 0.25) is 5.91 Å². The van der Waals surface area contributed by atoms with E-state index in [0.29, 0.717) is 5.92 Å². The first kappa shape index (κ1) is 14.5. The number of rotatable bonds is 7. The predicted molar refractivity (Wildman–Crippen MR) is 68.7 cm³/mol. The van der Waals surface area contributed by atoms with Crippen molar-refractivity contribution in [3.8, 4) is 0 Å². The summed E-state index contributed by atoms with van der Waals surface area (Å²) in [7, 11) is 0. The van der Waals surface area contributed by atoms with E-state index in [9.17, 15) is 4.79 Å². The molecule has 4 heteroatoms. The summed E-state index contributed by atoms with van der Waals surface area (Å²) < 4.78 is 5.30. The van der Waals surface area contributed by atoms with Crippen molar-refractivity contribution in [1.29, 1.82) is 0 Å². The van der Waals surface area contributed by atoms with Crippen molar-refractivity contribution in [2.45, 2.75) is 52.7 Å². The molecule has 3 atom stereocenters. The highest BCUT2D eigenvalue weighted by Gasteiger charge is 2.38. The van der Waals surface area contributed by atoms with Crippen molar-refractivity contribution in [3.05, 3.63) is 0 Å². The summed E-state index contributed by atoms with van der Waals surface area (Å²) in [6.45, 7) is 10.6. The maximum Gasteiger partial charge on any atom is 0.241 e. The Hall–Kier alpha value is -0.610. The van der Waals surface area contributed by atoms with Gasteiger partial charge in [0.1, 0.15) is 0 Å². The van der Waals surface area contributed by atoms with Crippen LogP contribution in [0, 0.1) is 5.92 Å². The molecular formula is C13H26N2O2. The van der Waals surface area contributed by atoms with Crippen molar-refractivity contribution >= 4 is 5.91 Å². The molecule has 0 aromatic heterocycles. The smallest absolute Gasteiger partial charge is 0.241 e. The lowest BCUT2D eigenvalue weighted by Gasteiger charge is -2.20. The second-order valence-electron chi connectivity index (χ2n) is 4.79. The zero-order valence-electron chi connectivity index (χ0n) is 11.5. The minimum absolute atomic E-state index is 0.00194. The molecule has 1 aliphatic heterocycles. The van der Waals surface area contributed by atoms with E-state index in [1.54, 1.807) is 0 Å². The number of nitrogens with one attached hydrogen (secondary N) is 1. The molecule has 17 heavy (non-hydrogen) atoms. The zero-order valence-corrected chi connectivity index (χ0v) is 11.5. The summed E-state index contributed by atoms with van der Waals surface area (Å²) in [5.41, 5.74) is 0. The fraction of sp³-hybridized carbons (Fsp3) is 0.923. The molecule has 0 aromatic rings. The number of carbonyl (C=O) groups excluding carboxylic acids is 1. The molecule has 0 saturated carbocycles. The number of amides is 1. The molecule has 0 radical (unpaired) electrons. The first-order valence-corrected chi connectivity index (χ1v) is 6.76. The molecule has 1 heterocycles. The van der Waals surface area contributed by atoms with Crippen molar-refractivity contribution < 1.29 is 9.53 Å². The molecule has 100 valence electrons. The van der Waals surface area contributed by atoms with Gasteiger partial charge in [-0.1, -0.05) is 20.3 Å². The van der Waals surface area contributed by atoms with E-state index in [4.69, 9.17) is 4.74 Å². The third-order valence-electron chi connectivity index (χ3n) is 3.54. The summed E-state index contributed by atoms with van der Waals surface area (Å²) in [6, 6.07) is 0.00194. The Balaban J connectivity index is 2.42. The number of hydrogen-bond donors (Lipinski definition) is 1. The van der Waals surface area contributed by atoms with Crippen LogP contribution in [0.1, 0.15) is 40.5 Å². The fourth-order valence-corrected chi connectivity index (χ4v) is 2.22. The summed E-state index contributed by atoms with van der Waals surface area (Å²) in [6.07, 6.45) is 2.10. The molecule has 3 unspecified atom stereocenters. The topological polar surface area (TPSA) is 41.6 Å². The number of hydrogen-bond acceptors (Lipinski definition) is 3. The van der Waals surface area contributed by atoms with Gasteiger partial charge in [0, 0.05) is 19.8 Å². The minimum atomic E-state index is 0.00194. The van der Waals surface area contributed by atoms with Crippen LogP contribution >= 0.6 is 0 Å². The van der Waals surface area contributed by atoms with Gasteiger partial charge >= 0.3 is 0 Å². The van der Waals surface area contributed by atoms with E-state index in [2.05, 4.69) is 26.1 Å². The SMILES string of the molecule is CCOCCCN1C(=O)C(C(C)CC)NC1C. The van der Waals surface area contributed by atoms with Crippen LogP contribution in [0.15, 0.2) is 0 Å². The fourth-order valence-electron chi connectivity index (χ4n) is 2.22. The van der Waals surface area contributed by atoms with E-state index in [1.807, 2.05) is 11.8 Å². The first-order valence-electron chi connectivity index (χ1n) is 6.76. The van der Waals surface area contributed by atoms with Crippen LogP contribution in [0.25, 0.3) is 0 Å². The van der Waals surface area contributed by atoms with Crippen LogP contribution in [0.5, 0.6) is 0 Å². The first-order chi connectivity index (χ1) is 8.11. The van der Waals surface area contributed by atoms with E-state index < -0.39 is 0 Å². The Morgan fingerprint density at radius 3 is 2.76 bits per heavy atom. The minimum Gasteiger partial charge on any atom is -0.382 e. The predicted octanol–water partition coefficient (Wildman–Crippen LogP) is 1.61. The Bertz CT molecular complexity index is 246. The molecular weight excluding hydrogens is 216 g/mol. The van der Waals surface area contributed by atoms with Gasteiger partial charge in [-0.3, -0.25) is 10.1 Å². The molecule has 1 rings (SSSR count). The van der Waals surface area contributed by atoms with Crippen LogP contribution in [-0.4, -0.2) is 42.8 Å². The lowest BCUT2D eigenvalue weighted by atomic mass is 9.99. The van der Waals surface area contributed by atoms with Gasteiger partial charge in [-0.15, -0.1) is 0 Å². The lowest BCUT2D eigenvalue weighted by molar-refractivity contribution is -0.130. The van der Waals surface area contributed by atoms with Gasteiger partial charge in [0.25, 0.3) is 0 Å². The maximum atomic E-state index is 12.2. The van der Waals surface area contributed by atoms with Crippen LogP contribution in [0.3, 0.4) is 0 Å². The van der Waals surface area contributed by atoms with Gasteiger partial charge in [0.05, 0.1) is 12.2 Å². The summed E-state index contributed by atoms with van der Waals surface area (Å²) in [4.78, 5) is 14.1. The largest absolute Gasteiger partial charge is 0.382 e. The third kappa shape index (κ3) is 3.68. The Kier molecular flexibility index (Phi) is 5.92. The summed E-state index contributed by atoms with van der Waals surface area (Å²) in [5, 5.41) is 3.38. The van der Waals surface area contributed by atoms with Gasteiger partial charge < -0.3 is 9.64 Å². The monoisotopic (exact) mass is 242 g/mol. The number of nitrogens with zero attached hydrogens (tertiary/aromatic N) is 1. The van der Waals surface area contributed by atoms with Crippen LogP contribution in [-0.2, 0) is 9.53 Å². The normalized spacial score (nSPS) is 26.6. The Morgan fingerprint density at radius 1 is 1.47 bits per heavy atom. The molecule has 1 amide bonds. The molecule has 0 aromatic carbocycles. The van der Waals surface area contributed by atoms with Crippen molar-refractivity contribution in [3.63, 3.8) is 0 Å². The molecule has 1 N–H and O–H groups in total. The second kappa shape index (κ2) is 6.97. The molecule has 1 saturated heterocycles. The highest BCUT2D eigenvalue weighted by molar-refractivity contribution is 5.84. The summed E-state index contributed by atoms with van der Waals surface area (Å²) >= 11 is 0. The van der Waals surface area contributed by atoms with Crippen molar-refractivity contribution in [2.75, 3.05) is 19.8 Å². The number of carbonyl (C=O) groups is 1.